The standard InChI is InChI=1S/C15H17ClN2S/c1-3-17-11(2)13-8-7-12(10-14(13)16)19-15-6-4-5-9-18-15/h4-11,17H,3H2,1-2H3. The number of halogens is 1. The first-order valence-electron chi connectivity index (χ1n) is 6.32. The average molecular weight is 293 g/mol. The van der Waals surface area contributed by atoms with E-state index < -0.39 is 0 Å². The third-order valence-electron chi connectivity index (χ3n) is 2.81. The van der Waals surface area contributed by atoms with Crippen molar-refractivity contribution in [2.75, 3.05) is 6.54 Å². The number of rotatable bonds is 5. The largest absolute Gasteiger partial charge is 0.310 e. The molecule has 0 bridgehead atoms. The molecule has 4 heteroatoms. The van der Waals surface area contributed by atoms with E-state index in [2.05, 4.69) is 36.3 Å². The lowest BCUT2D eigenvalue weighted by atomic mass is 10.1. The number of hydrogen-bond acceptors (Lipinski definition) is 3. The number of pyridine rings is 1. The van der Waals surface area contributed by atoms with Crippen LogP contribution in [0.5, 0.6) is 0 Å². The number of hydrogen-bond donors (Lipinski definition) is 1. The van der Waals surface area contributed by atoms with Crippen molar-refractivity contribution in [3.05, 3.63) is 53.2 Å². The molecule has 0 aliphatic carbocycles. The summed E-state index contributed by atoms with van der Waals surface area (Å²) in [7, 11) is 0. The van der Waals surface area contributed by atoms with E-state index in [0.29, 0.717) is 0 Å². The van der Waals surface area contributed by atoms with Crippen molar-refractivity contribution in [1.82, 2.24) is 10.3 Å². The summed E-state index contributed by atoms with van der Waals surface area (Å²) in [4.78, 5) is 5.41. The van der Waals surface area contributed by atoms with E-state index >= 15 is 0 Å². The summed E-state index contributed by atoms with van der Waals surface area (Å²) in [5.41, 5.74) is 1.13. The minimum atomic E-state index is 0.270. The maximum Gasteiger partial charge on any atom is 0.101 e. The fraction of sp³-hybridized carbons (Fsp3) is 0.267. The van der Waals surface area contributed by atoms with Gasteiger partial charge in [0.1, 0.15) is 5.03 Å². The van der Waals surface area contributed by atoms with Crippen LogP contribution in [0.15, 0.2) is 52.5 Å². The maximum absolute atomic E-state index is 6.35. The Kier molecular flexibility index (Phi) is 5.25. The molecular weight excluding hydrogens is 276 g/mol. The zero-order valence-corrected chi connectivity index (χ0v) is 12.6. The number of nitrogens with zero attached hydrogens (tertiary/aromatic N) is 1. The van der Waals surface area contributed by atoms with Gasteiger partial charge in [-0.05, 0) is 43.3 Å². The minimum Gasteiger partial charge on any atom is -0.310 e. The predicted molar refractivity (Wildman–Crippen MR) is 81.9 cm³/mol. The SMILES string of the molecule is CCNC(C)c1ccc(Sc2ccccn2)cc1Cl. The molecule has 2 nitrogen and oxygen atoms in total. The molecule has 2 rings (SSSR count). The molecule has 0 fully saturated rings. The number of nitrogens with one attached hydrogen (secondary N) is 1. The molecule has 1 unspecified atom stereocenters. The van der Waals surface area contributed by atoms with Gasteiger partial charge in [-0.2, -0.15) is 0 Å². The van der Waals surface area contributed by atoms with Crippen LogP contribution in [0, 0.1) is 0 Å². The van der Waals surface area contributed by atoms with Gasteiger partial charge in [-0.25, -0.2) is 4.98 Å². The Labute approximate surface area is 123 Å². The van der Waals surface area contributed by atoms with Gasteiger partial charge in [-0.1, -0.05) is 42.4 Å². The molecule has 0 saturated carbocycles. The molecule has 19 heavy (non-hydrogen) atoms. The Bertz CT molecular complexity index is 531. The van der Waals surface area contributed by atoms with Crippen LogP contribution < -0.4 is 5.32 Å². The highest BCUT2D eigenvalue weighted by Gasteiger charge is 2.09. The fourth-order valence-electron chi connectivity index (χ4n) is 1.87. The van der Waals surface area contributed by atoms with Crippen LogP contribution >= 0.6 is 23.4 Å². The molecule has 0 amide bonds. The molecule has 0 radical (unpaired) electrons. The highest BCUT2D eigenvalue weighted by Crippen LogP contribution is 2.31. The lowest BCUT2D eigenvalue weighted by molar-refractivity contribution is 0.598. The van der Waals surface area contributed by atoms with Crippen molar-refractivity contribution in [3.63, 3.8) is 0 Å². The second kappa shape index (κ2) is 6.94. The van der Waals surface area contributed by atoms with E-state index in [1.165, 1.54) is 0 Å². The van der Waals surface area contributed by atoms with Crippen LogP contribution in [0.25, 0.3) is 0 Å². The first kappa shape index (κ1) is 14.4. The van der Waals surface area contributed by atoms with Crippen LogP contribution in [0.4, 0.5) is 0 Å². The summed E-state index contributed by atoms with van der Waals surface area (Å²) < 4.78 is 0. The van der Waals surface area contributed by atoms with Gasteiger partial charge in [0.15, 0.2) is 0 Å². The van der Waals surface area contributed by atoms with Crippen LogP contribution in [-0.4, -0.2) is 11.5 Å². The molecule has 100 valence electrons. The van der Waals surface area contributed by atoms with Crippen molar-refractivity contribution >= 4 is 23.4 Å². The Balaban J connectivity index is 2.15. The van der Waals surface area contributed by atoms with Crippen molar-refractivity contribution in [2.24, 2.45) is 0 Å². The Morgan fingerprint density at radius 1 is 1.32 bits per heavy atom. The van der Waals surface area contributed by atoms with Gasteiger partial charge in [-0.3, -0.25) is 0 Å². The van der Waals surface area contributed by atoms with E-state index in [4.69, 9.17) is 11.6 Å². The van der Waals surface area contributed by atoms with Gasteiger partial charge in [0.25, 0.3) is 0 Å². The molecule has 1 heterocycles. The van der Waals surface area contributed by atoms with Crippen molar-refractivity contribution in [1.29, 1.82) is 0 Å². The van der Waals surface area contributed by atoms with Crippen LogP contribution in [0.1, 0.15) is 25.5 Å². The zero-order valence-electron chi connectivity index (χ0n) is 11.1. The zero-order chi connectivity index (χ0) is 13.7. The Morgan fingerprint density at radius 3 is 2.79 bits per heavy atom. The summed E-state index contributed by atoms with van der Waals surface area (Å²) in [6.45, 7) is 5.15. The lowest BCUT2D eigenvalue weighted by Crippen LogP contribution is -2.17. The molecule has 0 saturated heterocycles. The second-order valence-electron chi connectivity index (χ2n) is 4.23. The highest BCUT2D eigenvalue weighted by molar-refractivity contribution is 7.99. The number of benzene rings is 1. The third-order valence-corrected chi connectivity index (χ3v) is 4.08. The van der Waals surface area contributed by atoms with Gasteiger partial charge in [0.2, 0.25) is 0 Å². The first-order chi connectivity index (χ1) is 9.20. The van der Waals surface area contributed by atoms with Crippen molar-refractivity contribution in [2.45, 2.75) is 29.8 Å². The van der Waals surface area contributed by atoms with Crippen LogP contribution in [0.2, 0.25) is 5.02 Å². The van der Waals surface area contributed by atoms with E-state index in [1.807, 2.05) is 24.3 Å². The quantitative estimate of drug-likeness (QED) is 0.874. The molecule has 1 N–H and O–H groups in total. The molecule has 0 aliphatic heterocycles. The van der Waals surface area contributed by atoms with Crippen molar-refractivity contribution in [3.8, 4) is 0 Å². The predicted octanol–water partition coefficient (Wildman–Crippen LogP) is 4.56. The maximum atomic E-state index is 6.35. The van der Waals surface area contributed by atoms with Gasteiger partial charge in [-0.15, -0.1) is 0 Å². The monoisotopic (exact) mass is 292 g/mol. The van der Waals surface area contributed by atoms with E-state index in [9.17, 15) is 0 Å². The summed E-state index contributed by atoms with van der Waals surface area (Å²) in [5, 5.41) is 5.15. The van der Waals surface area contributed by atoms with E-state index in [1.54, 1.807) is 18.0 Å². The molecule has 0 aliphatic rings. The summed E-state index contributed by atoms with van der Waals surface area (Å²) in [6, 6.07) is 12.3. The first-order valence-corrected chi connectivity index (χ1v) is 7.52. The van der Waals surface area contributed by atoms with E-state index in [-0.39, 0.29) is 6.04 Å². The van der Waals surface area contributed by atoms with Crippen molar-refractivity contribution < 1.29 is 0 Å². The second-order valence-corrected chi connectivity index (χ2v) is 5.73. The fourth-order valence-corrected chi connectivity index (χ4v) is 3.09. The third kappa shape index (κ3) is 3.96. The Hall–Kier alpha value is -1.03. The molecule has 0 spiro atoms. The average Bonchev–Trinajstić information content (AvgIpc) is 2.40. The molecular formula is C15H17ClN2S. The van der Waals surface area contributed by atoms with Crippen LogP contribution in [0.3, 0.4) is 0 Å². The molecule has 1 aromatic heterocycles. The van der Waals surface area contributed by atoms with Gasteiger partial charge >= 0.3 is 0 Å². The topological polar surface area (TPSA) is 24.9 Å². The van der Waals surface area contributed by atoms with Gasteiger partial charge in [0.05, 0.1) is 0 Å². The summed E-state index contributed by atoms with van der Waals surface area (Å²) >= 11 is 7.97. The molecule has 2 aromatic rings. The van der Waals surface area contributed by atoms with Gasteiger partial charge < -0.3 is 5.32 Å². The smallest absolute Gasteiger partial charge is 0.101 e. The van der Waals surface area contributed by atoms with Gasteiger partial charge in [0, 0.05) is 22.2 Å². The van der Waals surface area contributed by atoms with E-state index in [0.717, 1.165) is 27.1 Å². The number of aromatic nitrogens is 1. The normalized spacial score (nSPS) is 12.4. The Morgan fingerprint density at radius 2 is 2.16 bits per heavy atom. The van der Waals surface area contributed by atoms with Crippen LogP contribution in [-0.2, 0) is 0 Å². The lowest BCUT2D eigenvalue weighted by Gasteiger charge is -2.15. The molecule has 1 aromatic carbocycles. The summed E-state index contributed by atoms with van der Waals surface area (Å²) in [6.07, 6.45) is 1.80. The summed E-state index contributed by atoms with van der Waals surface area (Å²) in [5.74, 6) is 0. The highest BCUT2D eigenvalue weighted by atomic mass is 35.5. The minimum absolute atomic E-state index is 0.270. The molecule has 1 atom stereocenters.